The Morgan fingerprint density at radius 3 is 2.67 bits per heavy atom. The minimum Gasteiger partial charge on any atom is -0.494 e. The second-order valence-electron chi connectivity index (χ2n) is 6.70. The number of fused-ring (bicyclic) bond motifs is 1. The number of H-pyrrole nitrogens is 1. The van der Waals surface area contributed by atoms with Crippen molar-refractivity contribution in [1.29, 1.82) is 0 Å². The molecule has 0 spiro atoms. The van der Waals surface area contributed by atoms with E-state index >= 15 is 0 Å². The lowest BCUT2D eigenvalue weighted by molar-refractivity contribution is -0.384. The van der Waals surface area contributed by atoms with Gasteiger partial charge in [-0.1, -0.05) is 24.3 Å². The summed E-state index contributed by atoms with van der Waals surface area (Å²) in [4.78, 5) is 31.3. The van der Waals surface area contributed by atoms with Crippen LogP contribution >= 0.6 is 24.0 Å². The highest BCUT2D eigenvalue weighted by molar-refractivity contribution is 7.99. The quantitative estimate of drug-likeness (QED) is 0.354. The number of nitro benzene ring substituents is 1. The predicted octanol–water partition coefficient (Wildman–Crippen LogP) is 4.41. The maximum Gasteiger partial charge on any atom is 0.269 e. The number of thioether (sulfide) groups is 1. The molecule has 0 aliphatic carbocycles. The van der Waals surface area contributed by atoms with Gasteiger partial charge in [-0.25, -0.2) is 0 Å². The van der Waals surface area contributed by atoms with Crippen molar-refractivity contribution in [2.75, 3.05) is 0 Å². The Morgan fingerprint density at radius 2 is 1.97 bits per heavy atom. The predicted molar refractivity (Wildman–Crippen MR) is 117 cm³/mol. The number of nitrogens with zero attached hydrogens (tertiary/aromatic N) is 3. The molecule has 0 saturated heterocycles. The highest BCUT2D eigenvalue weighted by Crippen LogP contribution is 2.45. The minimum absolute atomic E-state index is 0.00816. The van der Waals surface area contributed by atoms with E-state index in [4.69, 9.17) is 12.2 Å². The molecule has 1 atom stereocenters. The topological polar surface area (TPSA) is 114 Å². The van der Waals surface area contributed by atoms with Gasteiger partial charge in [0, 0.05) is 35.7 Å². The number of hydrogen-bond donors (Lipinski definition) is 2. The van der Waals surface area contributed by atoms with Crippen LogP contribution in [0.2, 0.25) is 0 Å². The summed E-state index contributed by atoms with van der Waals surface area (Å²) >= 11 is 6.62. The normalized spacial score (nSPS) is 15.8. The zero-order chi connectivity index (χ0) is 21.4. The number of aromatic amines is 1. The van der Waals surface area contributed by atoms with Crippen molar-refractivity contribution in [1.82, 2.24) is 9.55 Å². The van der Waals surface area contributed by atoms with E-state index in [9.17, 15) is 20.0 Å². The van der Waals surface area contributed by atoms with Crippen molar-refractivity contribution < 1.29 is 10.0 Å². The van der Waals surface area contributed by atoms with Crippen molar-refractivity contribution >= 4 is 41.1 Å². The lowest BCUT2D eigenvalue weighted by Gasteiger charge is -2.16. The summed E-state index contributed by atoms with van der Waals surface area (Å²) in [5, 5.41) is 21.4. The minimum atomic E-state index is -0.513. The Balaban J connectivity index is 1.86. The summed E-state index contributed by atoms with van der Waals surface area (Å²) in [7, 11) is 1.56. The van der Waals surface area contributed by atoms with Gasteiger partial charge in [-0.2, -0.15) is 0 Å². The molecule has 8 nitrogen and oxygen atoms in total. The molecule has 0 radical (unpaired) electrons. The van der Waals surface area contributed by atoms with E-state index < -0.39 is 10.5 Å². The van der Waals surface area contributed by atoms with Gasteiger partial charge < -0.3 is 5.11 Å². The molecule has 1 aromatic heterocycles. The summed E-state index contributed by atoms with van der Waals surface area (Å²) < 4.78 is 1.43. The van der Waals surface area contributed by atoms with Crippen LogP contribution in [0.4, 0.5) is 11.4 Å². The number of aromatic nitrogens is 2. The van der Waals surface area contributed by atoms with E-state index in [-0.39, 0.29) is 27.2 Å². The number of benzene rings is 2. The van der Waals surface area contributed by atoms with E-state index in [0.29, 0.717) is 17.8 Å². The lowest BCUT2D eigenvalue weighted by Crippen LogP contribution is -2.23. The van der Waals surface area contributed by atoms with Gasteiger partial charge in [-0.05, 0) is 29.9 Å². The lowest BCUT2D eigenvalue weighted by atomic mass is 10.0. The highest BCUT2D eigenvalue weighted by atomic mass is 32.2. The van der Waals surface area contributed by atoms with Gasteiger partial charge in [-0.3, -0.25) is 29.5 Å². The van der Waals surface area contributed by atoms with Crippen molar-refractivity contribution in [2.24, 2.45) is 12.0 Å². The number of rotatable bonds is 3. The summed E-state index contributed by atoms with van der Waals surface area (Å²) in [5.74, 6) is -0.255. The first-order valence-electron chi connectivity index (χ1n) is 8.95. The standard InChI is InChI=1S/C20H16N4O4S2/c1-23-19(26)17(18(25)22-20(23)29)14-10-16(11-6-8-12(9-7-11)24(27)28)30-15-5-3-2-4-13(15)21-14/h2-9,16,26H,10H2,1H3,(H,22,25,29). The van der Waals surface area contributed by atoms with Gasteiger partial charge in [0.25, 0.3) is 11.2 Å². The molecule has 1 aliphatic heterocycles. The molecule has 152 valence electrons. The molecule has 30 heavy (non-hydrogen) atoms. The number of aromatic hydroxyl groups is 1. The maximum absolute atomic E-state index is 12.6. The van der Waals surface area contributed by atoms with Crippen LogP contribution in [0.3, 0.4) is 0 Å². The molecule has 2 N–H and O–H groups in total. The van der Waals surface area contributed by atoms with Crippen LogP contribution in [0.25, 0.3) is 0 Å². The van der Waals surface area contributed by atoms with E-state index in [1.54, 1.807) is 30.9 Å². The fraction of sp³-hybridized carbons (Fsp3) is 0.150. The third-order valence-electron chi connectivity index (χ3n) is 4.83. The van der Waals surface area contributed by atoms with Gasteiger partial charge in [0.1, 0.15) is 5.56 Å². The molecule has 3 aromatic rings. The van der Waals surface area contributed by atoms with Gasteiger partial charge in [0.2, 0.25) is 5.88 Å². The number of aliphatic imine (C=N–C) groups is 1. The molecular formula is C20H16N4O4S2. The molecule has 2 heterocycles. The first kappa shape index (κ1) is 20.0. The van der Waals surface area contributed by atoms with Gasteiger partial charge in [0.05, 0.1) is 16.3 Å². The van der Waals surface area contributed by atoms with Crippen LogP contribution in [0.1, 0.15) is 22.8 Å². The summed E-state index contributed by atoms with van der Waals surface area (Å²) in [6.07, 6.45) is 0.338. The van der Waals surface area contributed by atoms with Gasteiger partial charge >= 0.3 is 0 Å². The summed E-state index contributed by atoms with van der Waals surface area (Å²) in [6.45, 7) is 0. The van der Waals surface area contributed by atoms with E-state index in [2.05, 4.69) is 9.98 Å². The number of nitrogens with one attached hydrogen (secondary N) is 1. The molecule has 2 aromatic carbocycles. The molecule has 1 unspecified atom stereocenters. The number of non-ortho nitro benzene ring substituents is 1. The van der Waals surface area contributed by atoms with E-state index in [1.165, 1.54) is 16.7 Å². The van der Waals surface area contributed by atoms with Crippen molar-refractivity contribution in [3.63, 3.8) is 0 Å². The van der Waals surface area contributed by atoms with E-state index in [0.717, 1.165) is 10.5 Å². The van der Waals surface area contributed by atoms with Crippen molar-refractivity contribution in [3.8, 4) is 5.88 Å². The largest absolute Gasteiger partial charge is 0.494 e. The average molecular weight is 441 g/mol. The average Bonchev–Trinajstić information content (AvgIpc) is 2.92. The highest BCUT2D eigenvalue weighted by Gasteiger charge is 2.26. The maximum atomic E-state index is 12.6. The number of hydrogen-bond acceptors (Lipinski definition) is 7. The fourth-order valence-corrected chi connectivity index (χ4v) is 4.65. The second-order valence-corrected chi connectivity index (χ2v) is 8.33. The molecule has 4 rings (SSSR count). The monoisotopic (exact) mass is 440 g/mol. The molecule has 0 bridgehead atoms. The molecule has 10 heteroatoms. The van der Waals surface area contributed by atoms with Crippen LogP contribution < -0.4 is 5.56 Å². The summed E-state index contributed by atoms with van der Waals surface area (Å²) in [5.41, 5.74) is 1.52. The van der Waals surface area contributed by atoms with Crippen LogP contribution in [0, 0.1) is 14.9 Å². The van der Waals surface area contributed by atoms with Crippen LogP contribution in [-0.4, -0.2) is 25.3 Å². The third kappa shape index (κ3) is 3.66. The Hall–Kier alpha value is -3.24. The molecule has 0 saturated carbocycles. The van der Waals surface area contributed by atoms with Crippen LogP contribution in [0.15, 0.2) is 63.2 Å². The molecule has 0 amide bonds. The van der Waals surface area contributed by atoms with Crippen LogP contribution in [0.5, 0.6) is 5.88 Å². The molecular weight excluding hydrogens is 424 g/mol. The van der Waals surface area contributed by atoms with Gasteiger partial charge in [-0.15, -0.1) is 11.8 Å². The third-order valence-corrected chi connectivity index (χ3v) is 6.52. The molecule has 1 aliphatic rings. The number of para-hydroxylation sites is 1. The second kappa shape index (κ2) is 7.88. The van der Waals surface area contributed by atoms with Gasteiger partial charge in [0.15, 0.2) is 4.77 Å². The Bertz CT molecular complexity index is 1300. The Kier molecular flexibility index (Phi) is 5.27. The Morgan fingerprint density at radius 1 is 1.27 bits per heavy atom. The first-order valence-corrected chi connectivity index (χ1v) is 10.2. The zero-order valence-electron chi connectivity index (χ0n) is 15.7. The smallest absolute Gasteiger partial charge is 0.269 e. The van der Waals surface area contributed by atoms with E-state index in [1.807, 2.05) is 24.3 Å². The Labute approximate surface area is 180 Å². The number of nitro groups is 1. The zero-order valence-corrected chi connectivity index (χ0v) is 17.4. The van der Waals surface area contributed by atoms with Crippen LogP contribution in [-0.2, 0) is 7.05 Å². The van der Waals surface area contributed by atoms with Crippen molar-refractivity contribution in [2.45, 2.75) is 16.6 Å². The fourth-order valence-electron chi connectivity index (χ4n) is 3.23. The summed E-state index contributed by atoms with van der Waals surface area (Å²) in [6, 6.07) is 13.8. The first-order chi connectivity index (χ1) is 14.3. The molecule has 0 fully saturated rings. The van der Waals surface area contributed by atoms with Crippen molar-refractivity contribution in [3.05, 3.63) is 84.9 Å². The SMILES string of the molecule is Cn1c(O)c(C2=Nc3ccccc3SC(c3ccc([N+](=O)[O-])cc3)C2)c(=O)[nH]c1=S.